The lowest BCUT2D eigenvalue weighted by Gasteiger charge is -2.14. The number of aromatic nitrogens is 1. The molecule has 0 radical (unpaired) electrons. The monoisotopic (exact) mass is 325 g/mol. The third kappa shape index (κ3) is 3.96. The first kappa shape index (κ1) is 15.7. The molecule has 0 saturated carbocycles. The first-order chi connectivity index (χ1) is 11.3. The molecule has 1 aromatic heterocycles. The number of esters is 1. The summed E-state index contributed by atoms with van der Waals surface area (Å²) in [6, 6.07) is 18.1. The standard InChI is InChI=1S/C19H19NO2S/c1-2-22-19(21)15(12-14-8-4-3-5-9-14)13-18-20-16-10-6-7-11-17(16)23-18/h3-11,15H,2,12-13H2,1H3/t15-/m0/s1. The van der Waals surface area contributed by atoms with Crippen molar-refractivity contribution in [2.45, 2.75) is 19.8 Å². The zero-order chi connectivity index (χ0) is 16.1. The number of hydrogen-bond donors (Lipinski definition) is 0. The first-order valence-corrected chi connectivity index (χ1v) is 8.63. The Hall–Kier alpha value is -2.20. The highest BCUT2D eigenvalue weighted by atomic mass is 32.1. The van der Waals surface area contributed by atoms with Gasteiger partial charge in [0.1, 0.15) is 0 Å². The smallest absolute Gasteiger partial charge is 0.309 e. The third-order valence-electron chi connectivity index (χ3n) is 3.70. The molecule has 0 bridgehead atoms. The number of ether oxygens (including phenoxy) is 1. The molecule has 0 aliphatic carbocycles. The fourth-order valence-electron chi connectivity index (χ4n) is 2.62. The van der Waals surface area contributed by atoms with Crippen LogP contribution in [0.1, 0.15) is 17.5 Å². The van der Waals surface area contributed by atoms with Gasteiger partial charge in [-0.2, -0.15) is 0 Å². The number of carbonyl (C=O) groups excluding carboxylic acids is 1. The number of nitrogens with zero attached hydrogens (tertiary/aromatic N) is 1. The Balaban J connectivity index is 1.81. The molecule has 0 N–H and O–H groups in total. The summed E-state index contributed by atoms with van der Waals surface area (Å²) in [7, 11) is 0. The summed E-state index contributed by atoms with van der Waals surface area (Å²) < 4.78 is 6.42. The molecule has 3 aromatic rings. The third-order valence-corrected chi connectivity index (χ3v) is 4.76. The van der Waals surface area contributed by atoms with Crippen molar-refractivity contribution < 1.29 is 9.53 Å². The molecule has 118 valence electrons. The lowest BCUT2D eigenvalue weighted by atomic mass is 9.96. The Kier molecular flexibility index (Phi) is 5.03. The normalized spacial score (nSPS) is 12.2. The molecule has 1 heterocycles. The molecule has 23 heavy (non-hydrogen) atoms. The van der Waals surface area contributed by atoms with Crippen molar-refractivity contribution >= 4 is 27.5 Å². The van der Waals surface area contributed by atoms with Crippen LogP contribution in [0.15, 0.2) is 54.6 Å². The largest absolute Gasteiger partial charge is 0.466 e. The van der Waals surface area contributed by atoms with Gasteiger partial charge >= 0.3 is 5.97 Å². The zero-order valence-corrected chi connectivity index (χ0v) is 13.9. The topological polar surface area (TPSA) is 39.2 Å². The lowest BCUT2D eigenvalue weighted by Crippen LogP contribution is -2.22. The summed E-state index contributed by atoms with van der Waals surface area (Å²) in [6.07, 6.45) is 1.29. The van der Waals surface area contributed by atoms with Crippen LogP contribution in [0.2, 0.25) is 0 Å². The maximum atomic E-state index is 12.3. The van der Waals surface area contributed by atoms with Gasteiger partial charge in [0, 0.05) is 6.42 Å². The summed E-state index contributed by atoms with van der Waals surface area (Å²) in [5, 5.41) is 0.986. The molecule has 3 rings (SSSR count). The quantitative estimate of drug-likeness (QED) is 0.636. The van der Waals surface area contributed by atoms with Crippen molar-refractivity contribution in [2.75, 3.05) is 6.61 Å². The van der Waals surface area contributed by atoms with Crippen molar-refractivity contribution in [1.82, 2.24) is 4.98 Å². The maximum Gasteiger partial charge on any atom is 0.309 e. The second kappa shape index (κ2) is 7.38. The van der Waals surface area contributed by atoms with Crippen LogP contribution >= 0.6 is 11.3 Å². The molecule has 1 atom stereocenters. The van der Waals surface area contributed by atoms with E-state index >= 15 is 0 Å². The van der Waals surface area contributed by atoms with Crippen molar-refractivity contribution in [3.05, 3.63) is 65.2 Å². The van der Waals surface area contributed by atoms with Crippen LogP contribution in [0.5, 0.6) is 0 Å². The minimum atomic E-state index is -0.196. The number of thiazole rings is 1. The Bertz CT molecular complexity index is 749. The summed E-state index contributed by atoms with van der Waals surface area (Å²) in [5.41, 5.74) is 2.14. The second-order valence-corrected chi connectivity index (χ2v) is 6.53. The Morgan fingerprint density at radius 1 is 1.09 bits per heavy atom. The molecule has 0 saturated heterocycles. The number of benzene rings is 2. The van der Waals surface area contributed by atoms with Gasteiger partial charge in [0.2, 0.25) is 0 Å². The Morgan fingerprint density at radius 3 is 2.57 bits per heavy atom. The van der Waals surface area contributed by atoms with Crippen molar-refractivity contribution in [2.24, 2.45) is 5.92 Å². The molecular weight excluding hydrogens is 306 g/mol. The van der Waals surface area contributed by atoms with Crippen molar-refractivity contribution in [3.63, 3.8) is 0 Å². The number of rotatable bonds is 6. The predicted molar refractivity (Wildman–Crippen MR) is 93.6 cm³/mol. The van der Waals surface area contributed by atoms with Gasteiger partial charge in [0.25, 0.3) is 0 Å². The summed E-state index contributed by atoms with van der Waals surface area (Å²) in [6.45, 7) is 2.25. The van der Waals surface area contributed by atoms with E-state index < -0.39 is 0 Å². The summed E-state index contributed by atoms with van der Waals surface area (Å²) in [4.78, 5) is 17.0. The van der Waals surface area contributed by atoms with Crippen molar-refractivity contribution in [1.29, 1.82) is 0 Å². The molecule has 4 heteroatoms. The van der Waals surface area contributed by atoms with E-state index in [1.165, 1.54) is 0 Å². The molecule has 3 nitrogen and oxygen atoms in total. The number of fused-ring (bicyclic) bond motifs is 1. The van der Waals surface area contributed by atoms with E-state index in [2.05, 4.69) is 11.1 Å². The number of carbonyl (C=O) groups is 1. The van der Waals surface area contributed by atoms with E-state index in [4.69, 9.17) is 4.74 Å². The van der Waals surface area contributed by atoms with Crippen molar-refractivity contribution in [3.8, 4) is 0 Å². The highest BCUT2D eigenvalue weighted by molar-refractivity contribution is 7.18. The zero-order valence-electron chi connectivity index (χ0n) is 13.1. The molecule has 0 amide bonds. The Labute approximate surface area is 139 Å². The molecular formula is C19H19NO2S. The fourth-order valence-corrected chi connectivity index (χ4v) is 3.66. The molecule has 2 aromatic carbocycles. The van der Waals surface area contributed by atoms with Gasteiger partial charge in [-0.25, -0.2) is 4.98 Å². The van der Waals surface area contributed by atoms with Crippen LogP contribution in [0.25, 0.3) is 10.2 Å². The van der Waals surface area contributed by atoms with Gasteiger partial charge in [-0.1, -0.05) is 42.5 Å². The minimum Gasteiger partial charge on any atom is -0.466 e. The average Bonchev–Trinajstić information content (AvgIpc) is 2.98. The highest BCUT2D eigenvalue weighted by Crippen LogP contribution is 2.25. The molecule has 0 unspecified atom stereocenters. The first-order valence-electron chi connectivity index (χ1n) is 7.81. The van der Waals surface area contributed by atoms with Crippen LogP contribution < -0.4 is 0 Å². The van der Waals surface area contributed by atoms with Crippen LogP contribution in [0.4, 0.5) is 0 Å². The van der Waals surface area contributed by atoms with E-state index in [9.17, 15) is 4.79 Å². The van der Waals surface area contributed by atoms with E-state index in [0.29, 0.717) is 19.4 Å². The van der Waals surface area contributed by atoms with Gasteiger partial charge in [-0.05, 0) is 31.0 Å². The van der Waals surface area contributed by atoms with Crippen LogP contribution in [-0.4, -0.2) is 17.6 Å². The number of para-hydroxylation sites is 1. The molecule has 0 aliphatic rings. The van der Waals surface area contributed by atoms with E-state index in [-0.39, 0.29) is 11.9 Å². The molecule has 0 aliphatic heterocycles. The average molecular weight is 325 g/mol. The van der Waals surface area contributed by atoms with Crippen LogP contribution in [0, 0.1) is 5.92 Å². The van der Waals surface area contributed by atoms with Gasteiger partial charge in [-0.15, -0.1) is 11.3 Å². The second-order valence-electron chi connectivity index (χ2n) is 5.42. The predicted octanol–water partition coefficient (Wildman–Crippen LogP) is 4.26. The van der Waals surface area contributed by atoms with E-state index in [0.717, 1.165) is 20.8 Å². The maximum absolute atomic E-state index is 12.3. The van der Waals surface area contributed by atoms with Gasteiger partial charge < -0.3 is 4.74 Å². The van der Waals surface area contributed by atoms with Crippen LogP contribution in [0.3, 0.4) is 0 Å². The fraction of sp³-hybridized carbons (Fsp3) is 0.263. The lowest BCUT2D eigenvalue weighted by molar-refractivity contribution is -0.147. The van der Waals surface area contributed by atoms with Gasteiger partial charge in [0.05, 0.1) is 27.7 Å². The van der Waals surface area contributed by atoms with Gasteiger partial charge in [-0.3, -0.25) is 4.79 Å². The van der Waals surface area contributed by atoms with Gasteiger partial charge in [0.15, 0.2) is 0 Å². The Morgan fingerprint density at radius 2 is 1.83 bits per heavy atom. The highest BCUT2D eigenvalue weighted by Gasteiger charge is 2.22. The number of hydrogen-bond acceptors (Lipinski definition) is 4. The molecule has 0 fully saturated rings. The van der Waals surface area contributed by atoms with Crippen LogP contribution in [-0.2, 0) is 22.4 Å². The minimum absolute atomic E-state index is 0.143. The van der Waals surface area contributed by atoms with E-state index in [1.54, 1.807) is 11.3 Å². The summed E-state index contributed by atoms with van der Waals surface area (Å²) in [5.74, 6) is -0.339. The molecule has 0 spiro atoms. The summed E-state index contributed by atoms with van der Waals surface area (Å²) >= 11 is 1.65. The van der Waals surface area contributed by atoms with E-state index in [1.807, 2.05) is 55.5 Å². The SMILES string of the molecule is CCOC(=O)[C@@H](Cc1ccccc1)Cc1nc2ccccc2s1.